The third-order valence-electron chi connectivity index (χ3n) is 5.47. The molecule has 2 aromatic carbocycles. The number of piperidine rings is 1. The summed E-state index contributed by atoms with van der Waals surface area (Å²) in [6, 6.07) is 16.4. The van der Waals surface area contributed by atoms with Crippen molar-refractivity contribution in [2.75, 3.05) is 33.7 Å². The molecule has 8 heteroatoms. The van der Waals surface area contributed by atoms with Crippen LogP contribution in [0.15, 0.2) is 53.5 Å². The molecule has 174 valence electrons. The second kappa shape index (κ2) is 13.3. The summed E-state index contributed by atoms with van der Waals surface area (Å²) in [5.74, 6) is 2.49. The van der Waals surface area contributed by atoms with Crippen LogP contribution >= 0.6 is 24.0 Å². The van der Waals surface area contributed by atoms with Gasteiger partial charge in [0.05, 0.1) is 6.54 Å². The van der Waals surface area contributed by atoms with Crippen molar-refractivity contribution in [3.63, 3.8) is 0 Å². The van der Waals surface area contributed by atoms with Crippen LogP contribution in [-0.2, 0) is 11.3 Å². The largest absolute Gasteiger partial charge is 0.457 e. The van der Waals surface area contributed by atoms with Gasteiger partial charge >= 0.3 is 0 Å². The Bertz CT molecular complexity index is 880. The Morgan fingerprint density at radius 2 is 1.81 bits per heavy atom. The molecule has 1 saturated heterocycles. The molecule has 0 bridgehead atoms. The number of carbonyl (C=O) groups is 1. The molecule has 0 aromatic heterocycles. The Hall–Kier alpha value is -2.33. The molecule has 0 spiro atoms. The number of rotatable bonds is 7. The van der Waals surface area contributed by atoms with Crippen LogP contribution in [0.3, 0.4) is 0 Å². The molecule has 0 radical (unpaired) electrons. The van der Waals surface area contributed by atoms with Crippen molar-refractivity contribution in [2.45, 2.75) is 32.4 Å². The van der Waals surface area contributed by atoms with Gasteiger partial charge in [-0.15, -0.1) is 24.0 Å². The standard InChI is InChI=1S/C24H33N5O2.HI/c1-18-8-10-21(11-9-18)31-22-7-5-4-6-19(22)16-27-24(26-3)28-20-12-14-29(15-13-20)17-23(30)25-2;/h4-11,20H,12-17H2,1-3H3,(H,25,30)(H2,26,27,28);1H. The number of aliphatic imine (C=N–C) groups is 1. The minimum atomic E-state index is 0. The molecule has 3 N–H and O–H groups in total. The lowest BCUT2D eigenvalue weighted by atomic mass is 10.1. The van der Waals surface area contributed by atoms with Crippen molar-refractivity contribution in [3.05, 3.63) is 59.7 Å². The third kappa shape index (κ3) is 7.98. The number of aryl methyl sites for hydroxylation is 1. The highest BCUT2D eigenvalue weighted by molar-refractivity contribution is 14.0. The highest BCUT2D eigenvalue weighted by Gasteiger charge is 2.21. The number of ether oxygens (including phenoxy) is 1. The van der Waals surface area contributed by atoms with E-state index in [2.05, 4.69) is 38.8 Å². The van der Waals surface area contributed by atoms with Crippen LogP contribution < -0.4 is 20.7 Å². The van der Waals surface area contributed by atoms with Crippen molar-refractivity contribution in [1.82, 2.24) is 20.9 Å². The second-order valence-corrected chi connectivity index (χ2v) is 7.82. The molecule has 32 heavy (non-hydrogen) atoms. The molecule has 1 aliphatic heterocycles. The van der Waals surface area contributed by atoms with Gasteiger partial charge in [0.1, 0.15) is 11.5 Å². The average molecular weight is 551 g/mol. The zero-order valence-electron chi connectivity index (χ0n) is 19.1. The van der Waals surface area contributed by atoms with Gasteiger partial charge in [-0.2, -0.15) is 0 Å². The molecule has 1 fully saturated rings. The van der Waals surface area contributed by atoms with E-state index in [0.717, 1.165) is 49.0 Å². The molecular weight excluding hydrogens is 517 g/mol. The fourth-order valence-corrected chi connectivity index (χ4v) is 3.57. The first-order valence-electron chi connectivity index (χ1n) is 10.8. The van der Waals surface area contributed by atoms with Crippen LogP contribution in [0.25, 0.3) is 0 Å². The van der Waals surface area contributed by atoms with E-state index in [1.165, 1.54) is 5.56 Å². The normalized spacial score (nSPS) is 14.9. The van der Waals surface area contributed by atoms with E-state index in [-0.39, 0.29) is 29.9 Å². The molecule has 1 amide bonds. The predicted molar refractivity (Wildman–Crippen MR) is 140 cm³/mol. The highest BCUT2D eigenvalue weighted by atomic mass is 127. The van der Waals surface area contributed by atoms with Crippen LogP contribution in [0.4, 0.5) is 0 Å². The van der Waals surface area contributed by atoms with E-state index in [1.54, 1.807) is 14.1 Å². The monoisotopic (exact) mass is 551 g/mol. The van der Waals surface area contributed by atoms with E-state index in [1.807, 2.05) is 42.5 Å². The Kier molecular flexibility index (Phi) is 10.8. The van der Waals surface area contributed by atoms with Gasteiger partial charge in [-0.05, 0) is 38.0 Å². The smallest absolute Gasteiger partial charge is 0.233 e. The highest BCUT2D eigenvalue weighted by Crippen LogP contribution is 2.25. The first-order valence-corrected chi connectivity index (χ1v) is 10.8. The summed E-state index contributed by atoms with van der Waals surface area (Å²) in [7, 11) is 3.46. The van der Waals surface area contributed by atoms with Crippen molar-refractivity contribution < 1.29 is 9.53 Å². The van der Waals surface area contributed by atoms with Gasteiger partial charge in [-0.1, -0.05) is 35.9 Å². The lowest BCUT2D eigenvalue weighted by molar-refractivity contribution is -0.122. The Morgan fingerprint density at radius 3 is 2.47 bits per heavy atom. The Labute approximate surface area is 208 Å². The summed E-state index contributed by atoms with van der Waals surface area (Å²) in [4.78, 5) is 18.1. The van der Waals surface area contributed by atoms with Crippen molar-refractivity contribution in [2.24, 2.45) is 4.99 Å². The molecule has 1 heterocycles. The number of nitrogens with zero attached hydrogens (tertiary/aromatic N) is 2. The number of amides is 1. The molecule has 0 unspecified atom stereocenters. The van der Waals surface area contributed by atoms with Gasteiger partial charge in [0.2, 0.25) is 5.91 Å². The molecule has 1 aliphatic rings. The Morgan fingerprint density at radius 1 is 1.12 bits per heavy atom. The molecule has 3 rings (SSSR count). The minimum absolute atomic E-state index is 0. The van der Waals surface area contributed by atoms with E-state index in [0.29, 0.717) is 19.1 Å². The zero-order chi connectivity index (χ0) is 22.1. The molecular formula is C24H34IN5O2. The number of hydrogen-bond acceptors (Lipinski definition) is 4. The SMILES string of the molecule is CN=C(NCc1ccccc1Oc1ccc(C)cc1)NC1CCN(CC(=O)NC)CC1.I. The molecule has 0 atom stereocenters. The van der Waals surface area contributed by atoms with Crippen LogP contribution in [-0.4, -0.2) is 56.5 Å². The number of halogens is 1. The van der Waals surface area contributed by atoms with E-state index >= 15 is 0 Å². The summed E-state index contributed by atoms with van der Waals surface area (Å²) >= 11 is 0. The number of guanidine groups is 1. The maximum Gasteiger partial charge on any atom is 0.233 e. The summed E-state index contributed by atoms with van der Waals surface area (Å²) in [5.41, 5.74) is 2.27. The fourth-order valence-electron chi connectivity index (χ4n) is 3.57. The molecule has 0 aliphatic carbocycles. The number of likely N-dealkylation sites (N-methyl/N-ethyl adjacent to an activating group) is 1. The van der Waals surface area contributed by atoms with Crippen molar-refractivity contribution in [3.8, 4) is 11.5 Å². The molecule has 2 aromatic rings. The third-order valence-corrected chi connectivity index (χ3v) is 5.47. The number of benzene rings is 2. The van der Waals surface area contributed by atoms with Gasteiger partial charge in [0.15, 0.2) is 5.96 Å². The molecule has 0 saturated carbocycles. The average Bonchev–Trinajstić information content (AvgIpc) is 2.80. The first-order chi connectivity index (χ1) is 15.1. The van der Waals surface area contributed by atoms with Gasteiger partial charge in [-0.3, -0.25) is 14.7 Å². The van der Waals surface area contributed by atoms with Crippen LogP contribution in [0.2, 0.25) is 0 Å². The van der Waals surface area contributed by atoms with Gasteiger partial charge in [-0.25, -0.2) is 0 Å². The predicted octanol–water partition coefficient (Wildman–Crippen LogP) is 3.28. The number of nitrogens with one attached hydrogen (secondary N) is 3. The maximum absolute atomic E-state index is 11.6. The van der Waals surface area contributed by atoms with E-state index in [4.69, 9.17) is 4.74 Å². The van der Waals surface area contributed by atoms with Gasteiger partial charge < -0.3 is 20.7 Å². The minimum Gasteiger partial charge on any atom is -0.457 e. The summed E-state index contributed by atoms with van der Waals surface area (Å²) < 4.78 is 6.09. The van der Waals surface area contributed by atoms with E-state index < -0.39 is 0 Å². The van der Waals surface area contributed by atoms with Gasteiger partial charge in [0, 0.05) is 45.3 Å². The number of hydrogen-bond donors (Lipinski definition) is 3. The maximum atomic E-state index is 11.6. The van der Waals surface area contributed by atoms with Crippen molar-refractivity contribution >= 4 is 35.8 Å². The van der Waals surface area contributed by atoms with Crippen LogP contribution in [0.1, 0.15) is 24.0 Å². The fraction of sp³-hybridized carbons (Fsp3) is 0.417. The Balaban J connectivity index is 0.00000363. The second-order valence-electron chi connectivity index (χ2n) is 7.82. The zero-order valence-corrected chi connectivity index (χ0v) is 21.4. The number of para-hydroxylation sites is 1. The summed E-state index contributed by atoms with van der Waals surface area (Å²) in [6.07, 6.45) is 1.95. The number of carbonyl (C=O) groups excluding carboxylic acids is 1. The summed E-state index contributed by atoms with van der Waals surface area (Å²) in [6.45, 7) is 4.93. The lowest BCUT2D eigenvalue weighted by Gasteiger charge is -2.32. The van der Waals surface area contributed by atoms with Gasteiger partial charge in [0.25, 0.3) is 0 Å². The van der Waals surface area contributed by atoms with E-state index in [9.17, 15) is 4.79 Å². The van der Waals surface area contributed by atoms with Crippen molar-refractivity contribution in [1.29, 1.82) is 0 Å². The number of likely N-dealkylation sites (tertiary alicyclic amines) is 1. The quantitative estimate of drug-likeness (QED) is 0.280. The van der Waals surface area contributed by atoms with Crippen LogP contribution in [0.5, 0.6) is 11.5 Å². The molecule has 7 nitrogen and oxygen atoms in total. The topological polar surface area (TPSA) is 78.0 Å². The summed E-state index contributed by atoms with van der Waals surface area (Å²) in [5, 5.41) is 9.60. The first kappa shape index (κ1) is 25.9. The van der Waals surface area contributed by atoms with Crippen LogP contribution in [0, 0.1) is 6.92 Å². The lowest BCUT2D eigenvalue weighted by Crippen LogP contribution is -2.49.